The highest BCUT2D eigenvalue weighted by Crippen LogP contribution is 2.23. The van der Waals surface area contributed by atoms with Crippen LogP contribution in [-0.2, 0) is 19.2 Å². The zero-order chi connectivity index (χ0) is 33.5. The molecule has 0 saturated heterocycles. The molecule has 0 rings (SSSR count). The van der Waals surface area contributed by atoms with Gasteiger partial charge < -0.3 is 25.7 Å². The van der Waals surface area contributed by atoms with Gasteiger partial charge in [-0.3, -0.25) is 9.59 Å². The van der Waals surface area contributed by atoms with Crippen LogP contribution in [0.25, 0.3) is 0 Å². The number of rotatable bonds is 33. The summed E-state index contributed by atoms with van der Waals surface area (Å²) in [7, 11) is 6.60. The number of hydrogen-bond acceptors (Lipinski definition) is 7. The molecule has 11 heteroatoms. The molecule has 4 N–H and O–H groups in total. The van der Waals surface area contributed by atoms with Crippen LogP contribution in [0.15, 0.2) is 0 Å². The zero-order valence-electron chi connectivity index (χ0n) is 28.6. The van der Waals surface area contributed by atoms with Crippen molar-refractivity contribution in [3.8, 4) is 0 Å². The van der Waals surface area contributed by atoms with Crippen molar-refractivity contribution in [2.24, 2.45) is 0 Å². The number of nitrogens with one attached hydrogen (secondary N) is 2. The molecule has 0 spiro atoms. The SMILES string of the molecule is CCCCCCCCCCCCC(=O)NC(CSSCC(NC(=O)CCCCCCCCCCCCN(C)C)C(=O)O)C(=O)O. The van der Waals surface area contributed by atoms with E-state index < -0.39 is 24.0 Å². The fourth-order valence-corrected chi connectivity index (χ4v) is 7.33. The van der Waals surface area contributed by atoms with Crippen molar-refractivity contribution in [1.82, 2.24) is 15.5 Å². The van der Waals surface area contributed by atoms with Gasteiger partial charge in [-0.05, 0) is 39.9 Å². The van der Waals surface area contributed by atoms with E-state index in [9.17, 15) is 29.4 Å². The number of unbranched alkanes of at least 4 members (excludes halogenated alkanes) is 18. The first-order valence-corrected chi connectivity index (χ1v) is 20.1. The highest BCUT2D eigenvalue weighted by Gasteiger charge is 2.23. The van der Waals surface area contributed by atoms with Crippen LogP contribution in [0.1, 0.15) is 148 Å². The van der Waals surface area contributed by atoms with Crippen molar-refractivity contribution in [2.45, 2.75) is 160 Å². The monoisotopic (exact) mass is 675 g/mol. The lowest BCUT2D eigenvalue weighted by Crippen LogP contribution is -2.43. The van der Waals surface area contributed by atoms with Crippen molar-refractivity contribution in [3.05, 3.63) is 0 Å². The highest BCUT2D eigenvalue weighted by atomic mass is 33.1. The molecule has 0 aromatic heterocycles. The Balaban J connectivity index is 3.98. The summed E-state index contributed by atoms with van der Waals surface area (Å²) in [5.41, 5.74) is 0. The van der Waals surface area contributed by atoms with Crippen LogP contribution in [0, 0.1) is 0 Å². The first-order valence-electron chi connectivity index (χ1n) is 17.6. The van der Waals surface area contributed by atoms with Gasteiger partial charge in [-0.2, -0.15) is 0 Å². The minimum Gasteiger partial charge on any atom is -0.480 e. The summed E-state index contributed by atoms with van der Waals surface area (Å²) in [6.07, 6.45) is 23.8. The Hall–Kier alpha value is -1.46. The normalized spacial score (nSPS) is 12.6. The molecule has 2 unspecified atom stereocenters. The molecule has 264 valence electrons. The lowest BCUT2D eigenvalue weighted by atomic mass is 10.1. The van der Waals surface area contributed by atoms with Gasteiger partial charge in [0.1, 0.15) is 12.1 Å². The van der Waals surface area contributed by atoms with Crippen molar-refractivity contribution >= 4 is 45.3 Å². The Labute approximate surface area is 282 Å². The van der Waals surface area contributed by atoms with E-state index >= 15 is 0 Å². The number of carboxylic acid groups (broad SMARTS) is 2. The number of carboxylic acids is 2. The number of aliphatic carboxylic acids is 2. The minimum atomic E-state index is -1.11. The van der Waals surface area contributed by atoms with E-state index in [0.29, 0.717) is 12.8 Å². The summed E-state index contributed by atoms with van der Waals surface area (Å²) in [6, 6.07) is -2.08. The average molecular weight is 676 g/mol. The third kappa shape index (κ3) is 29.7. The van der Waals surface area contributed by atoms with Gasteiger partial charge in [-0.25, -0.2) is 9.59 Å². The van der Waals surface area contributed by atoms with Crippen molar-refractivity contribution in [1.29, 1.82) is 0 Å². The number of carbonyl (C=O) groups is 4. The van der Waals surface area contributed by atoms with E-state index in [0.717, 1.165) is 45.1 Å². The Kier molecular flexibility index (Phi) is 30.1. The number of nitrogens with zero attached hydrogens (tertiary/aromatic N) is 1. The number of carbonyl (C=O) groups excluding carboxylic acids is 2. The first kappa shape index (κ1) is 43.5. The summed E-state index contributed by atoms with van der Waals surface area (Å²) in [4.78, 5) is 50.1. The molecule has 0 fully saturated rings. The molecule has 0 aliphatic carbocycles. The van der Waals surface area contributed by atoms with Crippen LogP contribution in [-0.4, -0.2) is 83.1 Å². The lowest BCUT2D eigenvalue weighted by molar-refractivity contribution is -0.141. The van der Waals surface area contributed by atoms with E-state index in [4.69, 9.17) is 0 Å². The van der Waals surface area contributed by atoms with Gasteiger partial charge in [0.05, 0.1) is 0 Å². The molecule has 2 atom stereocenters. The Bertz CT molecular complexity index is 772. The summed E-state index contributed by atoms with van der Waals surface area (Å²) in [5, 5.41) is 24.2. The Morgan fingerprint density at radius 1 is 0.533 bits per heavy atom. The lowest BCUT2D eigenvalue weighted by Gasteiger charge is -2.16. The highest BCUT2D eigenvalue weighted by molar-refractivity contribution is 8.76. The number of amides is 2. The predicted octanol–water partition coefficient (Wildman–Crippen LogP) is 7.67. The van der Waals surface area contributed by atoms with E-state index in [1.54, 1.807) is 0 Å². The summed E-state index contributed by atoms with van der Waals surface area (Å²) < 4.78 is 0. The van der Waals surface area contributed by atoms with Crippen LogP contribution in [0.5, 0.6) is 0 Å². The van der Waals surface area contributed by atoms with Crippen molar-refractivity contribution < 1.29 is 29.4 Å². The predicted molar refractivity (Wildman–Crippen MR) is 190 cm³/mol. The third-order valence-corrected chi connectivity index (χ3v) is 10.3. The molecule has 0 aliphatic heterocycles. The maximum atomic E-state index is 12.3. The minimum absolute atomic E-state index is 0.111. The van der Waals surface area contributed by atoms with Crippen LogP contribution in [0.2, 0.25) is 0 Å². The van der Waals surface area contributed by atoms with Gasteiger partial charge in [0.25, 0.3) is 0 Å². The zero-order valence-corrected chi connectivity index (χ0v) is 30.3. The molecule has 0 heterocycles. The van der Waals surface area contributed by atoms with E-state index in [1.165, 1.54) is 111 Å². The van der Waals surface area contributed by atoms with Crippen molar-refractivity contribution in [2.75, 3.05) is 32.1 Å². The van der Waals surface area contributed by atoms with Gasteiger partial charge in [-0.15, -0.1) is 0 Å². The summed E-state index contributed by atoms with van der Waals surface area (Å²) in [5.74, 6) is -2.54. The number of hydrogen-bond donors (Lipinski definition) is 4. The topological polar surface area (TPSA) is 136 Å². The van der Waals surface area contributed by atoms with E-state index in [-0.39, 0.29) is 23.3 Å². The molecule has 45 heavy (non-hydrogen) atoms. The van der Waals surface area contributed by atoms with Gasteiger partial charge in [0.2, 0.25) is 11.8 Å². The molecular weight excluding hydrogens is 611 g/mol. The molecule has 9 nitrogen and oxygen atoms in total. The average Bonchev–Trinajstić information content (AvgIpc) is 2.99. The second-order valence-corrected chi connectivity index (χ2v) is 15.1. The van der Waals surface area contributed by atoms with E-state index in [1.807, 2.05) is 0 Å². The van der Waals surface area contributed by atoms with Crippen LogP contribution in [0.4, 0.5) is 0 Å². The molecule has 0 aromatic carbocycles. The largest absolute Gasteiger partial charge is 0.480 e. The van der Waals surface area contributed by atoms with Gasteiger partial charge >= 0.3 is 11.9 Å². The second kappa shape index (κ2) is 31.2. The molecular formula is C34H65N3O6S2. The van der Waals surface area contributed by atoms with Crippen LogP contribution >= 0.6 is 21.6 Å². The smallest absolute Gasteiger partial charge is 0.327 e. The standard InChI is InChI=1S/C34H65N3O6S2/c1-4-5-6-7-8-9-12-15-18-21-24-31(38)35-29(33(40)41)27-44-45-28-30(34(42)43)36-32(39)25-22-19-16-13-10-11-14-17-20-23-26-37(2)3/h29-30H,4-28H2,1-3H3,(H,35,38)(H,36,39)(H,40,41)(H,42,43). The van der Waals surface area contributed by atoms with Crippen molar-refractivity contribution in [3.63, 3.8) is 0 Å². The fraction of sp³-hybridized carbons (Fsp3) is 0.882. The molecule has 0 bridgehead atoms. The van der Waals surface area contributed by atoms with Crippen LogP contribution in [0.3, 0.4) is 0 Å². The van der Waals surface area contributed by atoms with E-state index in [2.05, 4.69) is 36.6 Å². The maximum absolute atomic E-state index is 12.3. The van der Waals surface area contributed by atoms with Gasteiger partial charge in [-0.1, -0.05) is 138 Å². The molecule has 0 radical (unpaired) electrons. The van der Waals surface area contributed by atoms with Gasteiger partial charge in [0, 0.05) is 24.3 Å². The summed E-state index contributed by atoms with van der Waals surface area (Å²) >= 11 is 0. The molecule has 0 saturated carbocycles. The molecule has 0 aliphatic rings. The molecule has 2 amide bonds. The Morgan fingerprint density at radius 3 is 1.16 bits per heavy atom. The summed E-state index contributed by atoms with van der Waals surface area (Å²) in [6.45, 7) is 3.37. The Morgan fingerprint density at radius 2 is 0.844 bits per heavy atom. The maximum Gasteiger partial charge on any atom is 0.327 e. The van der Waals surface area contributed by atoms with Crippen LogP contribution < -0.4 is 10.6 Å². The second-order valence-electron chi connectivity index (χ2n) is 12.5. The van der Waals surface area contributed by atoms with Gasteiger partial charge in [0.15, 0.2) is 0 Å². The first-order chi connectivity index (χ1) is 21.7. The molecule has 0 aromatic rings. The fourth-order valence-electron chi connectivity index (χ4n) is 5.02. The third-order valence-electron chi connectivity index (χ3n) is 7.84. The quantitative estimate of drug-likeness (QED) is 0.0408.